The summed E-state index contributed by atoms with van der Waals surface area (Å²) >= 11 is 0. The summed E-state index contributed by atoms with van der Waals surface area (Å²) in [6, 6.07) is 8.75. The van der Waals surface area contributed by atoms with Gasteiger partial charge in [0.05, 0.1) is 5.57 Å². The number of nitrogens with two attached hydrogens (primary N) is 1. The van der Waals surface area contributed by atoms with Crippen molar-refractivity contribution in [3.8, 4) is 0 Å². The van der Waals surface area contributed by atoms with Crippen LogP contribution in [0, 0.1) is 0 Å². The van der Waals surface area contributed by atoms with E-state index in [-0.39, 0.29) is 5.57 Å². The molecule has 0 aromatic heterocycles. The fourth-order valence-corrected chi connectivity index (χ4v) is 0.909. The third-order valence-corrected chi connectivity index (χ3v) is 1.48. The van der Waals surface area contributed by atoms with Gasteiger partial charge in [-0.2, -0.15) is 0 Å². The highest BCUT2D eigenvalue weighted by Crippen LogP contribution is 2.11. The lowest BCUT2D eigenvalue weighted by Gasteiger charge is -1.99. The van der Waals surface area contributed by atoms with E-state index in [4.69, 9.17) is 10.8 Å². The highest BCUT2D eigenvalue weighted by Gasteiger charge is 2.07. The summed E-state index contributed by atoms with van der Waals surface area (Å²) < 4.78 is 0. The van der Waals surface area contributed by atoms with Gasteiger partial charge < -0.3 is 10.8 Å². The molecular weight excluding hydrogens is 154 g/mol. The maximum atomic E-state index is 10.6. The molecule has 62 valence electrons. The molecule has 3 heteroatoms. The highest BCUT2D eigenvalue weighted by atomic mass is 16.4. The quantitative estimate of drug-likeness (QED) is 0.641. The molecule has 0 spiro atoms. The van der Waals surface area contributed by atoms with Gasteiger partial charge in [-0.15, -0.1) is 0 Å². The molecule has 3 N–H and O–H groups in total. The van der Waals surface area contributed by atoms with Crippen molar-refractivity contribution in [3.05, 3.63) is 42.1 Å². The predicted octanol–water partition coefficient (Wildman–Crippen LogP) is 1.07. The van der Waals surface area contributed by atoms with Crippen LogP contribution in [0.5, 0.6) is 0 Å². The van der Waals surface area contributed by atoms with E-state index in [2.05, 4.69) is 0 Å². The molecule has 0 atom stereocenters. The van der Waals surface area contributed by atoms with Crippen molar-refractivity contribution in [1.29, 1.82) is 0 Å². The second-order valence-electron chi connectivity index (χ2n) is 2.25. The zero-order valence-corrected chi connectivity index (χ0v) is 6.40. The van der Waals surface area contributed by atoms with Gasteiger partial charge in [0.1, 0.15) is 0 Å². The predicted molar refractivity (Wildman–Crippen MR) is 46.2 cm³/mol. The first kappa shape index (κ1) is 8.33. The van der Waals surface area contributed by atoms with E-state index in [0.717, 1.165) is 6.20 Å². The molecule has 0 unspecified atom stereocenters. The Morgan fingerprint density at radius 1 is 1.33 bits per heavy atom. The van der Waals surface area contributed by atoms with Gasteiger partial charge in [-0.05, 0) is 5.56 Å². The average molecular weight is 163 g/mol. The minimum absolute atomic E-state index is 0.121. The molecule has 1 rings (SSSR count). The number of carboxylic acid groups (broad SMARTS) is 1. The van der Waals surface area contributed by atoms with E-state index in [1.54, 1.807) is 24.3 Å². The molecular formula is C9H9NO2. The van der Waals surface area contributed by atoms with Crippen LogP contribution in [0.4, 0.5) is 0 Å². The van der Waals surface area contributed by atoms with Gasteiger partial charge in [-0.3, -0.25) is 0 Å². The summed E-state index contributed by atoms with van der Waals surface area (Å²) in [5.41, 5.74) is 5.90. The van der Waals surface area contributed by atoms with Gasteiger partial charge in [-0.25, -0.2) is 4.79 Å². The molecule has 0 saturated heterocycles. The van der Waals surface area contributed by atoms with E-state index in [1.807, 2.05) is 6.07 Å². The van der Waals surface area contributed by atoms with Crippen LogP contribution in [0.15, 0.2) is 36.5 Å². The van der Waals surface area contributed by atoms with E-state index >= 15 is 0 Å². The number of hydrogen-bond acceptors (Lipinski definition) is 2. The van der Waals surface area contributed by atoms with E-state index in [0.29, 0.717) is 5.56 Å². The van der Waals surface area contributed by atoms with Gasteiger partial charge in [0.25, 0.3) is 0 Å². The van der Waals surface area contributed by atoms with Crippen LogP contribution in [-0.4, -0.2) is 11.1 Å². The Balaban J connectivity index is 3.05. The third-order valence-electron chi connectivity index (χ3n) is 1.48. The van der Waals surface area contributed by atoms with Gasteiger partial charge in [0.2, 0.25) is 0 Å². The fourth-order valence-electron chi connectivity index (χ4n) is 0.909. The maximum Gasteiger partial charge on any atom is 0.337 e. The minimum atomic E-state index is -1.01. The zero-order chi connectivity index (χ0) is 8.97. The van der Waals surface area contributed by atoms with Gasteiger partial charge in [-0.1, -0.05) is 30.3 Å². The Hall–Kier alpha value is -1.77. The first-order valence-electron chi connectivity index (χ1n) is 3.46. The van der Waals surface area contributed by atoms with Crippen LogP contribution < -0.4 is 5.73 Å². The summed E-state index contributed by atoms with van der Waals surface area (Å²) in [6.45, 7) is 0. The molecule has 0 amide bonds. The normalized spacial score (nSPS) is 11.2. The standard InChI is InChI=1S/C9H9NO2/c10-6-8(9(11)12)7-4-2-1-3-5-7/h1-6H,10H2,(H,11,12)/b8-6-. The van der Waals surface area contributed by atoms with Crippen LogP contribution in [0.25, 0.3) is 5.57 Å². The molecule has 0 aliphatic carbocycles. The van der Waals surface area contributed by atoms with Crippen molar-refractivity contribution in [2.24, 2.45) is 5.73 Å². The number of carbonyl (C=O) groups is 1. The molecule has 3 nitrogen and oxygen atoms in total. The Morgan fingerprint density at radius 2 is 1.92 bits per heavy atom. The second kappa shape index (κ2) is 3.57. The molecule has 0 bridgehead atoms. The van der Waals surface area contributed by atoms with Crippen LogP contribution in [0.2, 0.25) is 0 Å². The van der Waals surface area contributed by atoms with Crippen LogP contribution in [0.1, 0.15) is 5.56 Å². The van der Waals surface area contributed by atoms with Crippen LogP contribution >= 0.6 is 0 Å². The Morgan fingerprint density at radius 3 is 2.33 bits per heavy atom. The Labute approximate surface area is 70.1 Å². The monoisotopic (exact) mass is 163 g/mol. The summed E-state index contributed by atoms with van der Waals surface area (Å²) in [4.78, 5) is 10.6. The summed E-state index contributed by atoms with van der Waals surface area (Å²) in [7, 11) is 0. The first-order chi connectivity index (χ1) is 5.75. The van der Waals surface area contributed by atoms with Gasteiger partial charge in [0.15, 0.2) is 0 Å². The lowest BCUT2D eigenvalue weighted by atomic mass is 10.1. The second-order valence-corrected chi connectivity index (χ2v) is 2.25. The minimum Gasteiger partial charge on any atom is -0.478 e. The molecule has 0 aliphatic rings. The van der Waals surface area contributed by atoms with Crippen molar-refractivity contribution in [2.75, 3.05) is 0 Å². The Kier molecular flexibility index (Phi) is 2.48. The smallest absolute Gasteiger partial charge is 0.337 e. The van der Waals surface area contributed by atoms with Gasteiger partial charge >= 0.3 is 5.97 Å². The Bertz CT molecular complexity index is 304. The molecule has 0 aliphatic heterocycles. The number of hydrogen-bond donors (Lipinski definition) is 2. The average Bonchev–Trinajstić information content (AvgIpc) is 2.07. The third kappa shape index (κ3) is 1.63. The van der Waals surface area contributed by atoms with Crippen molar-refractivity contribution >= 4 is 11.5 Å². The molecule has 0 heterocycles. The maximum absolute atomic E-state index is 10.6. The van der Waals surface area contributed by atoms with Crippen molar-refractivity contribution in [2.45, 2.75) is 0 Å². The highest BCUT2D eigenvalue weighted by molar-refractivity contribution is 6.15. The first-order valence-corrected chi connectivity index (χ1v) is 3.46. The SMILES string of the molecule is N/C=C(\C(=O)O)c1ccccc1. The lowest BCUT2D eigenvalue weighted by molar-refractivity contribution is -0.130. The largest absolute Gasteiger partial charge is 0.478 e. The number of benzene rings is 1. The van der Waals surface area contributed by atoms with E-state index < -0.39 is 5.97 Å². The molecule has 0 saturated carbocycles. The fraction of sp³-hybridized carbons (Fsp3) is 0. The molecule has 12 heavy (non-hydrogen) atoms. The summed E-state index contributed by atoms with van der Waals surface area (Å²) in [5.74, 6) is -1.01. The summed E-state index contributed by atoms with van der Waals surface area (Å²) in [5, 5.41) is 8.68. The zero-order valence-electron chi connectivity index (χ0n) is 6.40. The van der Waals surface area contributed by atoms with Gasteiger partial charge in [0, 0.05) is 6.20 Å². The summed E-state index contributed by atoms with van der Waals surface area (Å²) in [6.07, 6.45) is 1.09. The molecule has 0 fully saturated rings. The molecule has 1 aromatic carbocycles. The van der Waals surface area contributed by atoms with E-state index in [1.165, 1.54) is 0 Å². The van der Waals surface area contributed by atoms with Crippen molar-refractivity contribution < 1.29 is 9.90 Å². The van der Waals surface area contributed by atoms with Crippen molar-refractivity contribution in [1.82, 2.24) is 0 Å². The molecule has 0 radical (unpaired) electrons. The number of aliphatic carboxylic acids is 1. The lowest BCUT2D eigenvalue weighted by Crippen LogP contribution is -2.01. The molecule has 1 aromatic rings. The van der Waals surface area contributed by atoms with Crippen LogP contribution in [-0.2, 0) is 4.79 Å². The number of rotatable bonds is 2. The van der Waals surface area contributed by atoms with Crippen molar-refractivity contribution in [3.63, 3.8) is 0 Å². The van der Waals surface area contributed by atoms with Crippen LogP contribution in [0.3, 0.4) is 0 Å². The van der Waals surface area contributed by atoms with E-state index in [9.17, 15) is 4.79 Å². The topological polar surface area (TPSA) is 63.3 Å². The number of carboxylic acids is 1.